The van der Waals surface area contributed by atoms with Crippen LogP contribution in [0.15, 0.2) is 47.7 Å². The fourth-order valence-electron chi connectivity index (χ4n) is 3.66. The van der Waals surface area contributed by atoms with Gasteiger partial charge in [0.15, 0.2) is 5.96 Å². The van der Waals surface area contributed by atoms with Gasteiger partial charge in [-0.1, -0.05) is 12.1 Å². The molecule has 1 fully saturated rings. The number of nitrogens with one attached hydrogen (secondary N) is 1. The van der Waals surface area contributed by atoms with Gasteiger partial charge in [0.1, 0.15) is 0 Å². The van der Waals surface area contributed by atoms with Crippen molar-refractivity contribution < 1.29 is 13.2 Å². The van der Waals surface area contributed by atoms with Crippen molar-refractivity contribution in [2.75, 3.05) is 58.3 Å². The Bertz CT molecular complexity index is 848. The third-order valence-corrected chi connectivity index (χ3v) is 5.42. The largest absolute Gasteiger partial charge is 0.416 e. The Morgan fingerprint density at radius 3 is 2.34 bits per heavy atom. The van der Waals surface area contributed by atoms with Gasteiger partial charge in [-0.2, -0.15) is 13.2 Å². The van der Waals surface area contributed by atoms with Gasteiger partial charge >= 0.3 is 6.18 Å². The Morgan fingerprint density at radius 1 is 1.09 bits per heavy atom. The molecule has 1 aromatic heterocycles. The highest BCUT2D eigenvalue weighted by Crippen LogP contribution is 2.29. The van der Waals surface area contributed by atoms with E-state index in [9.17, 15) is 13.2 Å². The van der Waals surface area contributed by atoms with Gasteiger partial charge in [-0.3, -0.25) is 9.89 Å². The zero-order valence-electron chi connectivity index (χ0n) is 18.5. The molecule has 7 nitrogen and oxygen atoms in total. The Hall–Kier alpha value is -2.88. The third kappa shape index (κ3) is 6.81. The van der Waals surface area contributed by atoms with E-state index in [0.29, 0.717) is 6.54 Å². The second kappa shape index (κ2) is 11.1. The summed E-state index contributed by atoms with van der Waals surface area (Å²) in [6.07, 6.45) is 0.183. The smallest absolute Gasteiger partial charge is 0.356 e. The number of anilines is 1. The molecular weight excluding hydrogens is 419 g/mol. The molecule has 1 saturated heterocycles. The van der Waals surface area contributed by atoms with E-state index in [1.165, 1.54) is 12.1 Å². The molecule has 0 aliphatic carbocycles. The standard InChI is InChI=1S/C22H30F3N7/c1-26-20(30(2)17-18-5-7-19(8-6-18)22(23,24)25)27-11-4-12-31-13-15-32(16-14-31)21-28-9-3-10-29-21/h3,5-10H,4,11-17H2,1-2H3,(H,26,27). The van der Waals surface area contributed by atoms with E-state index < -0.39 is 11.7 Å². The zero-order chi connectivity index (χ0) is 23.0. The van der Waals surface area contributed by atoms with Crippen LogP contribution in [0, 0.1) is 0 Å². The topological polar surface area (TPSA) is 59.9 Å². The van der Waals surface area contributed by atoms with E-state index >= 15 is 0 Å². The number of guanidine groups is 1. The SMILES string of the molecule is CN=C(NCCCN1CCN(c2ncccn2)CC1)N(C)Cc1ccc(C(F)(F)F)cc1. The first-order valence-corrected chi connectivity index (χ1v) is 10.7. The fourth-order valence-corrected chi connectivity index (χ4v) is 3.66. The number of halogens is 3. The van der Waals surface area contributed by atoms with Crippen molar-refractivity contribution in [2.24, 2.45) is 4.99 Å². The van der Waals surface area contributed by atoms with Crippen LogP contribution in [0.2, 0.25) is 0 Å². The molecule has 1 N–H and O–H groups in total. The summed E-state index contributed by atoms with van der Waals surface area (Å²) < 4.78 is 38.2. The van der Waals surface area contributed by atoms with Gasteiger partial charge in [0.05, 0.1) is 5.56 Å². The molecular formula is C22H30F3N7. The molecule has 0 amide bonds. The molecule has 0 atom stereocenters. The minimum absolute atomic E-state index is 0.474. The quantitative estimate of drug-likeness (QED) is 0.399. The highest BCUT2D eigenvalue weighted by molar-refractivity contribution is 5.79. The van der Waals surface area contributed by atoms with Gasteiger partial charge < -0.3 is 15.1 Å². The normalized spacial score (nSPS) is 15.7. The number of aliphatic imine (C=N–C) groups is 1. The number of piperazine rings is 1. The number of rotatable bonds is 7. The highest BCUT2D eigenvalue weighted by atomic mass is 19.4. The maximum Gasteiger partial charge on any atom is 0.416 e. The second-order valence-corrected chi connectivity index (χ2v) is 7.76. The van der Waals surface area contributed by atoms with Crippen molar-refractivity contribution >= 4 is 11.9 Å². The Balaban J connectivity index is 1.36. The van der Waals surface area contributed by atoms with Crippen molar-refractivity contribution in [3.63, 3.8) is 0 Å². The lowest BCUT2D eigenvalue weighted by Gasteiger charge is -2.34. The van der Waals surface area contributed by atoms with Crippen LogP contribution in [0.3, 0.4) is 0 Å². The highest BCUT2D eigenvalue weighted by Gasteiger charge is 2.30. The molecule has 1 aliphatic rings. The monoisotopic (exact) mass is 449 g/mol. The van der Waals surface area contributed by atoms with Gasteiger partial charge in [0, 0.05) is 65.8 Å². The summed E-state index contributed by atoms with van der Waals surface area (Å²) in [5.74, 6) is 1.50. The van der Waals surface area contributed by atoms with Crippen molar-refractivity contribution in [3.8, 4) is 0 Å². The van der Waals surface area contributed by atoms with Gasteiger partial charge in [-0.25, -0.2) is 9.97 Å². The third-order valence-electron chi connectivity index (χ3n) is 5.42. The first kappa shape index (κ1) is 23.8. The van der Waals surface area contributed by atoms with E-state index in [0.717, 1.165) is 75.3 Å². The zero-order valence-corrected chi connectivity index (χ0v) is 18.5. The summed E-state index contributed by atoms with van der Waals surface area (Å²) >= 11 is 0. The van der Waals surface area contributed by atoms with Crippen LogP contribution in [0.25, 0.3) is 0 Å². The van der Waals surface area contributed by atoms with Crippen molar-refractivity contribution in [2.45, 2.75) is 19.1 Å². The first-order valence-electron chi connectivity index (χ1n) is 10.7. The van der Waals surface area contributed by atoms with Crippen LogP contribution in [-0.4, -0.2) is 79.1 Å². The molecule has 2 aromatic rings. The number of nitrogens with zero attached hydrogens (tertiary/aromatic N) is 6. The molecule has 0 spiro atoms. The molecule has 0 unspecified atom stereocenters. The van der Waals surface area contributed by atoms with Gasteiger partial charge in [-0.15, -0.1) is 0 Å². The Morgan fingerprint density at radius 2 is 1.75 bits per heavy atom. The molecule has 174 valence electrons. The first-order chi connectivity index (χ1) is 15.4. The Labute approximate surface area is 187 Å². The van der Waals surface area contributed by atoms with E-state index in [1.807, 2.05) is 18.0 Å². The molecule has 1 aliphatic heterocycles. The van der Waals surface area contributed by atoms with Crippen LogP contribution in [-0.2, 0) is 12.7 Å². The average Bonchev–Trinajstić information content (AvgIpc) is 2.80. The minimum atomic E-state index is -4.32. The fraction of sp³-hybridized carbons (Fsp3) is 0.500. The molecule has 3 rings (SSSR count). The molecule has 1 aromatic carbocycles. The molecule has 2 heterocycles. The summed E-state index contributed by atoms with van der Waals surface area (Å²) in [4.78, 5) is 19.4. The van der Waals surface area contributed by atoms with Crippen LogP contribution in [0.1, 0.15) is 17.5 Å². The van der Waals surface area contributed by atoms with Crippen LogP contribution in [0.4, 0.5) is 19.1 Å². The number of hydrogen-bond donors (Lipinski definition) is 1. The maximum absolute atomic E-state index is 12.7. The predicted octanol–water partition coefficient (Wildman–Crippen LogP) is 2.71. The lowest BCUT2D eigenvalue weighted by molar-refractivity contribution is -0.137. The average molecular weight is 450 g/mol. The summed E-state index contributed by atoms with van der Waals surface area (Å²) in [6.45, 7) is 6.00. The van der Waals surface area contributed by atoms with Crippen LogP contribution >= 0.6 is 0 Å². The van der Waals surface area contributed by atoms with E-state index in [4.69, 9.17) is 0 Å². The van der Waals surface area contributed by atoms with Gasteiger partial charge in [-0.05, 0) is 36.7 Å². The lowest BCUT2D eigenvalue weighted by Crippen LogP contribution is -2.47. The van der Waals surface area contributed by atoms with Crippen molar-refractivity contribution in [1.82, 2.24) is 25.1 Å². The molecule has 10 heteroatoms. The molecule has 0 radical (unpaired) electrons. The molecule has 0 saturated carbocycles. The van der Waals surface area contributed by atoms with E-state index in [1.54, 1.807) is 19.4 Å². The minimum Gasteiger partial charge on any atom is -0.356 e. The van der Waals surface area contributed by atoms with E-state index in [2.05, 4.69) is 30.1 Å². The number of benzene rings is 1. The van der Waals surface area contributed by atoms with Crippen LogP contribution < -0.4 is 10.2 Å². The second-order valence-electron chi connectivity index (χ2n) is 7.76. The van der Waals surface area contributed by atoms with E-state index in [-0.39, 0.29) is 0 Å². The van der Waals surface area contributed by atoms with Crippen molar-refractivity contribution in [1.29, 1.82) is 0 Å². The summed E-state index contributed by atoms with van der Waals surface area (Å²) in [7, 11) is 3.58. The summed E-state index contributed by atoms with van der Waals surface area (Å²) in [6, 6.07) is 7.06. The maximum atomic E-state index is 12.7. The van der Waals surface area contributed by atoms with Crippen molar-refractivity contribution in [3.05, 3.63) is 53.9 Å². The molecule has 0 bridgehead atoms. The van der Waals surface area contributed by atoms with Gasteiger partial charge in [0.25, 0.3) is 0 Å². The number of alkyl halides is 3. The predicted molar refractivity (Wildman–Crippen MR) is 120 cm³/mol. The van der Waals surface area contributed by atoms with Gasteiger partial charge in [0.2, 0.25) is 5.95 Å². The lowest BCUT2D eigenvalue weighted by atomic mass is 10.1. The number of aromatic nitrogens is 2. The summed E-state index contributed by atoms with van der Waals surface area (Å²) in [5, 5.41) is 3.34. The molecule has 32 heavy (non-hydrogen) atoms. The summed E-state index contributed by atoms with van der Waals surface area (Å²) in [5.41, 5.74) is 0.159. The Kier molecular flexibility index (Phi) is 8.26. The number of hydrogen-bond acceptors (Lipinski definition) is 5. The van der Waals surface area contributed by atoms with Crippen LogP contribution in [0.5, 0.6) is 0 Å².